The van der Waals surface area contributed by atoms with Crippen LogP contribution in [-0.2, 0) is 14.8 Å². The monoisotopic (exact) mass is 246 g/mol. The molecular formula is C10H18N2O3S. The van der Waals surface area contributed by atoms with E-state index in [0.29, 0.717) is 19.6 Å². The highest BCUT2D eigenvalue weighted by atomic mass is 32.2. The fraction of sp³-hybridized carbons (Fsp3) is 0.700. The van der Waals surface area contributed by atoms with E-state index in [9.17, 15) is 13.2 Å². The van der Waals surface area contributed by atoms with Crippen molar-refractivity contribution in [3.8, 4) is 0 Å². The van der Waals surface area contributed by atoms with E-state index in [-0.39, 0.29) is 5.91 Å². The summed E-state index contributed by atoms with van der Waals surface area (Å²) in [4.78, 5) is 13.2. The Hall–Kier alpha value is -0.880. The van der Waals surface area contributed by atoms with Gasteiger partial charge in [0, 0.05) is 19.6 Å². The molecule has 0 N–H and O–H groups in total. The van der Waals surface area contributed by atoms with Crippen molar-refractivity contribution >= 4 is 15.9 Å². The fourth-order valence-corrected chi connectivity index (χ4v) is 2.88. The van der Waals surface area contributed by atoms with Crippen LogP contribution in [0.4, 0.5) is 0 Å². The van der Waals surface area contributed by atoms with Crippen molar-refractivity contribution in [3.63, 3.8) is 0 Å². The number of hydrogen-bond acceptors (Lipinski definition) is 3. The average Bonchev–Trinajstić information content (AvgIpc) is 2.13. The third-order valence-electron chi connectivity index (χ3n) is 2.78. The van der Waals surface area contributed by atoms with E-state index >= 15 is 0 Å². The first-order chi connectivity index (χ1) is 7.18. The van der Waals surface area contributed by atoms with E-state index in [1.165, 1.54) is 16.6 Å². The Balaban J connectivity index is 2.89. The van der Waals surface area contributed by atoms with Crippen LogP contribution in [-0.4, -0.2) is 55.0 Å². The summed E-state index contributed by atoms with van der Waals surface area (Å²) >= 11 is 0. The first-order valence-electron chi connectivity index (χ1n) is 5.07. The summed E-state index contributed by atoms with van der Waals surface area (Å²) in [5.74, 6) is -0.154. The number of carbonyl (C=O) groups excluding carboxylic acids is 1. The molecule has 0 aromatic carbocycles. The summed E-state index contributed by atoms with van der Waals surface area (Å²) < 4.78 is 24.2. The lowest BCUT2D eigenvalue weighted by atomic mass is 10.00. The van der Waals surface area contributed by atoms with Crippen LogP contribution in [0.15, 0.2) is 12.7 Å². The second kappa shape index (κ2) is 4.18. The molecule has 0 aromatic heterocycles. The minimum atomic E-state index is -3.18. The Morgan fingerprint density at radius 3 is 2.31 bits per heavy atom. The Morgan fingerprint density at radius 2 is 1.94 bits per heavy atom. The largest absolute Gasteiger partial charge is 0.331 e. The molecule has 0 aliphatic carbocycles. The van der Waals surface area contributed by atoms with Crippen molar-refractivity contribution in [2.75, 3.05) is 25.9 Å². The predicted octanol–water partition coefficient (Wildman–Crippen LogP) is 0.0548. The van der Waals surface area contributed by atoms with Crippen molar-refractivity contribution < 1.29 is 13.2 Å². The van der Waals surface area contributed by atoms with Gasteiger partial charge in [0.2, 0.25) is 15.9 Å². The van der Waals surface area contributed by atoms with Gasteiger partial charge in [-0.2, -0.15) is 4.31 Å². The molecule has 0 unspecified atom stereocenters. The van der Waals surface area contributed by atoms with Gasteiger partial charge in [0.1, 0.15) is 0 Å². The molecule has 0 radical (unpaired) electrons. The highest BCUT2D eigenvalue weighted by Gasteiger charge is 2.38. The lowest BCUT2D eigenvalue weighted by molar-refractivity contribution is -0.133. The quantitative estimate of drug-likeness (QED) is 0.647. The highest BCUT2D eigenvalue weighted by molar-refractivity contribution is 7.88. The van der Waals surface area contributed by atoms with Crippen LogP contribution in [0.2, 0.25) is 0 Å². The molecule has 0 saturated carbocycles. The van der Waals surface area contributed by atoms with Crippen LogP contribution in [0.3, 0.4) is 0 Å². The Kier molecular flexibility index (Phi) is 3.44. The molecule has 1 amide bonds. The molecule has 5 nitrogen and oxygen atoms in total. The smallest absolute Gasteiger partial charge is 0.246 e. The topological polar surface area (TPSA) is 57.7 Å². The molecule has 1 fully saturated rings. The van der Waals surface area contributed by atoms with Gasteiger partial charge in [-0.1, -0.05) is 6.58 Å². The normalized spacial score (nSPS) is 21.8. The number of piperazine rings is 1. The fourth-order valence-electron chi connectivity index (χ4n) is 1.91. The molecular weight excluding hydrogens is 228 g/mol. The van der Waals surface area contributed by atoms with E-state index in [0.717, 1.165) is 0 Å². The minimum absolute atomic E-state index is 0.154. The summed E-state index contributed by atoms with van der Waals surface area (Å²) in [5, 5.41) is 0. The van der Waals surface area contributed by atoms with Gasteiger partial charge in [0.15, 0.2) is 0 Å². The molecule has 6 heteroatoms. The second-order valence-corrected chi connectivity index (χ2v) is 6.59. The summed E-state index contributed by atoms with van der Waals surface area (Å²) in [6.45, 7) is 8.23. The number of rotatable bonds is 2. The molecule has 1 heterocycles. The van der Waals surface area contributed by atoms with Gasteiger partial charge in [-0.25, -0.2) is 8.42 Å². The third-order valence-corrected chi connectivity index (χ3v) is 4.03. The third kappa shape index (κ3) is 2.62. The predicted molar refractivity (Wildman–Crippen MR) is 62.4 cm³/mol. The lowest BCUT2D eigenvalue weighted by Crippen LogP contribution is -2.61. The number of carbonyl (C=O) groups is 1. The zero-order valence-electron chi connectivity index (χ0n) is 9.93. The Morgan fingerprint density at radius 1 is 1.38 bits per heavy atom. The maximum absolute atomic E-state index is 11.6. The molecule has 1 aliphatic heterocycles. The van der Waals surface area contributed by atoms with Gasteiger partial charge in [-0.15, -0.1) is 0 Å². The van der Waals surface area contributed by atoms with E-state index in [1.807, 2.05) is 13.8 Å². The summed E-state index contributed by atoms with van der Waals surface area (Å²) in [5.41, 5.74) is -0.493. The van der Waals surface area contributed by atoms with Gasteiger partial charge < -0.3 is 4.90 Å². The van der Waals surface area contributed by atoms with E-state index in [1.54, 1.807) is 4.90 Å². The Bertz CT molecular complexity index is 400. The van der Waals surface area contributed by atoms with Gasteiger partial charge >= 0.3 is 0 Å². The lowest BCUT2D eigenvalue weighted by Gasteiger charge is -2.45. The molecule has 0 bridgehead atoms. The van der Waals surface area contributed by atoms with Crippen LogP contribution in [0.25, 0.3) is 0 Å². The molecule has 1 aliphatic rings. The molecule has 0 atom stereocenters. The second-order valence-electron chi connectivity index (χ2n) is 4.60. The van der Waals surface area contributed by atoms with Gasteiger partial charge in [0.25, 0.3) is 0 Å². The van der Waals surface area contributed by atoms with Crippen LogP contribution in [0.5, 0.6) is 0 Å². The van der Waals surface area contributed by atoms with Crippen molar-refractivity contribution in [2.24, 2.45) is 0 Å². The standard InChI is InChI=1S/C10H18N2O3S/c1-5-9(13)12-7-6-11(16(4,14)15)8-10(12,2)3/h5H,1,6-8H2,2-4H3. The minimum Gasteiger partial charge on any atom is -0.331 e. The first-order valence-corrected chi connectivity index (χ1v) is 6.92. The van der Waals surface area contributed by atoms with Gasteiger partial charge in [0.05, 0.1) is 11.8 Å². The molecule has 16 heavy (non-hydrogen) atoms. The van der Waals surface area contributed by atoms with E-state index in [4.69, 9.17) is 0 Å². The van der Waals surface area contributed by atoms with Crippen LogP contribution in [0, 0.1) is 0 Å². The van der Waals surface area contributed by atoms with Crippen molar-refractivity contribution in [1.82, 2.24) is 9.21 Å². The summed E-state index contributed by atoms with van der Waals surface area (Å²) in [7, 11) is -3.18. The molecule has 0 aromatic rings. The SMILES string of the molecule is C=CC(=O)N1CCN(S(C)(=O)=O)CC1(C)C. The van der Waals surface area contributed by atoms with Crippen molar-refractivity contribution in [1.29, 1.82) is 0 Å². The molecule has 92 valence electrons. The zero-order valence-corrected chi connectivity index (χ0v) is 10.7. The van der Waals surface area contributed by atoms with Crippen LogP contribution >= 0.6 is 0 Å². The molecule has 0 spiro atoms. The van der Waals surface area contributed by atoms with Crippen LogP contribution in [0.1, 0.15) is 13.8 Å². The highest BCUT2D eigenvalue weighted by Crippen LogP contribution is 2.22. The van der Waals surface area contributed by atoms with E-state index < -0.39 is 15.6 Å². The number of sulfonamides is 1. The maximum Gasteiger partial charge on any atom is 0.246 e. The van der Waals surface area contributed by atoms with E-state index in [2.05, 4.69) is 6.58 Å². The van der Waals surface area contributed by atoms with Crippen molar-refractivity contribution in [2.45, 2.75) is 19.4 Å². The molecule has 1 rings (SSSR count). The van der Waals surface area contributed by atoms with Gasteiger partial charge in [-0.3, -0.25) is 4.79 Å². The maximum atomic E-state index is 11.6. The first kappa shape index (κ1) is 13.2. The number of hydrogen-bond donors (Lipinski definition) is 0. The van der Waals surface area contributed by atoms with Crippen molar-refractivity contribution in [3.05, 3.63) is 12.7 Å². The van der Waals surface area contributed by atoms with Crippen LogP contribution < -0.4 is 0 Å². The number of nitrogens with zero attached hydrogens (tertiary/aromatic N) is 2. The Labute approximate surface area is 96.8 Å². The summed E-state index contributed by atoms with van der Waals surface area (Å²) in [6, 6.07) is 0. The zero-order chi connectivity index (χ0) is 12.6. The summed E-state index contributed by atoms with van der Waals surface area (Å²) in [6.07, 6.45) is 2.45. The average molecular weight is 246 g/mol. The van der Waals surface area contributed by atoms with Gasteiger partial charge in [-0.05, 0) is 19.9 Å². The molecule has 1 saturated heterocycles. The number of amides is 1.